The molecule has 0 N–H and O–H groups in total. The number of hydrogen-bond acceptors (Lipinski definition) is 2. The summed E-state index contributed by atoms with van der Waals surface area (Å²) in [5, 5.41) is 0. The zero-order valence-corrected chi connectivity index (χ0v) is 11.8. The second kappa shape index (κ2) is 6.04. The number of amides is 1. The van der Waals surface area contributed by atoms with Gasteiger partial charge in [-0.3, -0.25) is 9.78 Å². The molecule has 1 fully saturated rings. The van der Waals surface area contributed by atoms with E-state index < -0.39 is 0 Å². The first-order valence-corrected chi connectivity index (χ1v) is 7.26. The molecule has 1 aromatic heterocycles. The van der Waals surface area contributed by atoms with E-state index in [4.69, 9.17) is 0 Å². The second-order valence-corrected chi connectivity index (χ2v) is 5.26. The predicted octanol–water partition coefficient (Wildman–Crippen LogP) is 3.51. The molecular formula is C17H17FN2O. The Balaban J connectivity index is 1.89. The lowest BCUT2D eigenvalue weighted by Crippen LogP contribution is -2.35. The van der Waals surface area contributed by atoms with Crippen LogP contribution in [0.5, 0.6) is 0 Å². The third kappa shape index (κ3) is 2.94. The largest absolute Gasteiger partial charge is 0.339 e. The van der Waals surface area contributed by atoms with Gasteiger partial charge in [0.05, 0.1) is 5.69 Å². The second-order valence-electron chi connectivity index (χ2n) is 5.26. The maximum Gasteiger partial charge on any atom is 0.253 e. The fourth-order valence-corrected chi connectivity index (χ4v) is 2.66. The van der Waals surface area contributed by atoms with Crippen molar-refractivity contribution in [2.24, 2.45) is 0 Å². The number of piperidine rings is 1. The van der Waals surface area contributed by atoms with Crippen LogP contribution in [0.2, 0.25) is 0 Å². The van der Waals surface area contributed by atoms with Crippen LogP contribution in [0.3, 0.4) is 0 Å². The van der Waals surface area contributed by atoms with Gasteiger partial charge in [0, 0.05) is 30.4 Å². The van der Waals surface area contributed by atoms with Crippen LogP contribution in [0, 0.1) is 5.82 Å². The van der Waals surface area contributed by atoms with Gasteiger partial charge in [-0.2, -0.15) is 0 Å². The lowest BCUT2D eigenvalue weighted by molar-refractivity contribution is 0.0724. The zero-order valence-electron chi connectivity index (χ0n) is 11.8. The molecule has 1 aliphatic heterocycles. The van der Waals surface area contributed by atoms with Gasteiger partial charge in [0.25, 0.3) is 5.91 Å². The van der Waals surface area contributed by atoms with Gasteiger partial charge in [0.1, 0.15) is 5.82 Å². The molecule has 108 valence electrons. The summed E-state index contributed by atoms with van der Waals surface area (Å²) >= 11 is 0. The summed E-state index contributed by atoms with van der Waals surface area (Å²) in [6.45, 7) is 1.60. The third-order valence-corrected chi connectivity index (χ3v) is 3.80. The van der Waals surface area contributed by atoms with Crippen molar-refractivity contribution in [3.8, 4) is 11.3 Å². The van der Waals surface area contributed by atoms with Crippen LogP contribution in [-0.2, 0) is 0 Å². The van der Waals surface area contributed by atoms with Gasteiger partial charge in [-0.25, -0.2) is 4.39 Å². The number of hydrogen-bond donors (Lipinski definition) is 0. The molecule has 0 unspecified atom stereocenters. The van der Waals surface area contributed by atoms with E-state index in [0.29, 0.717) is 16.8 Å². The maximum absolute atomic E-state index is 13.8. The van der Waals surface area contributed by atoms with E-state index in [9.17, 15) is 9.18 Å². The molecule has 2 aromatic rings. The van der Waals surface area contributed by atoms with E-state index in [-0.39, 0.29) is 11.7 Å². The lowest BCUT2D eigenvalue weighted by atomic mass is 10.1. The van der Waals surface area contributed by atoms with Crippen LogP contribution in [0.25, 0.3) is 11.3 Å². The van der Waals surface area contributed by atoms with Crippen LogP contribution in [0.1, 0.15) is 29.6 Å². The summed E-state index contributed by atoms with van der Waals surface area (Å²) in [5.74, 6) is -0.317. The van der Waals surface area contributed by atoms with Gasteiger partial charge >= 0.3 is 0 Å². The Morgan fingerprint density at radius 2 is 1.86 bits per heavy atom. The van der Waals surface area contributed by atoms with Crippen LogP contribution in [0.4, 0.5) is 4.39 Å². The van der Waals surface area contributed by atoms with Crippen molar-refractivity contribution in [3.63, 3.8) is 0 Å². The van der Waals surface area contributed by atoms with Crippen molar-refractivity contribution < 1.29 is 9.18 Å². The number of carbonyl (C=O) groups excluding carboxylic acids is 1. The van der Waals surface area contributed by atoms with E-state index in [1.807, 2.05) is 4.90 Å². The highest BCUT2D eigenvalue weighted by Crippen LogP contribution is 2.22. The van der Waals surface area contributed by atoms with Gasteiger partial charge in [-0.1, -0.05) is 12.1 Å². The van der Waals surface area contributed by atoms with Crippen LogP contribution >= 0.6 is 0 Å². The predicted molar refractivity (Wildman–Crippen MR) is 79.4 cm³/mol. The minimum absolute atomic E-state index is 0.00897. The molecule has 3 rings (SSSR count). The summed E-state index contributed by atoms with van der Waals surface area (Å²) in [5.41, 5.74) is 1.49. The highest BCUT2D eigenvalue weighted by Gasteiger charge is 2.19. The molecule has 0 atom stereocenters. The van der Waals surface area contributed by atoms with Crippen molar-refractivity contribution in [1.29, 1.82) is 0 Å². The molecule has 4 heteroatoms. The average molecular weight is 284 g/mol. The monoisotopic (exact) mass is 284 g/mol. The first-order valence-electron chi connectivity index (χ1n) is 7.26. The molecule has 2 heterocycles. The SMILES string of the molecule is O=C(c1ccnc(-c2ccccc2F)c1)N1CCCCC1. The molecular weight excluding hydrogens is 267 g/mol. The molecule has 0 radical (unpaired) electrons. The van der Waals surface area contributed by atoms with Gasteiger partial charge in [-0.15, -0.1) is 0 Å². The molecule has 1 aromatic carbocycles. The molecule has 0 bridgehead atoms. The highest BCUT2D eigenvalue weighted by atomic mass is 19.1. The third-order valence-electron chi connectivity index (χ3n) is 3.80. The number of rotatable bonds is 2. The van der Waals surface area contributed by atoms with Crippen molar-refractivity contribution in [1.82, 2.24) is 9.88 Å². The van der Waals surface area contributed by atoms with Crippen molar-refractivity contribution in [3.05, 3.63) is 54.0 Å². The Labute approximate surface area is 123 Å². The maximum atomic E-state index is 13.8. The molecule has 21 heavy (non-hydrogen) atoms. The molecule has 0 saturated carbocycles. The van der Waals surface area contributed by atoms with Gasteiger partial charge < -0.3 is 4.90 Å². The number of benzene rings is 1. The fraction of sp³-hybridized carbons (Fsp3) is 0.294. The minimum Gasteiger partial charge on any atom is -0.339 e. The smallest absolute Gasteiger partial charge is 0.253 e. The Morgan fingerprint density at radius 3 is 2.62 bits per heavy atom. The van der Waals surface area contributed by atoms with Crippen molar-refractivity contribution in [2.45, 2.75) is 19.3 Å². The van der Waals surface area contributed by atoms with E-state index in [0.717, 1.165) is 25.9 Å². The number of likely N-dealkylation sites (tertiary alicyclic amines) is 1. The quantitative estimate of drug-likeness (QED) is 0.845. The fourth-order valence-electron chi connectivity index (χ4n) is 2.66. The van der Waals surface area contributed by atoms with Crippen LogP contribution in [0.15, 0.2) is 42.6 Å². The molecule has 1 aliphatic rings. The molecule has 1 saturated heterocycles. The first kappa shape index (κ1) is 13.7. The van der Waals surface area contributed by atoms with Crippen molar-refractivity contribution in [2.75, 3.05) is 13.1 Å². The Bertz CT molecular complexity index is 651. The summed E-state index contributed by atoms with van der Waals surface area (Å²) in [6.07, 6.45) is 4.85. The summed E-state index contributed by atoms with van der Waals surface area (Å²) in [4.78, 5) is 18.5. The topological polar surface area (TPSA) is 33.2 Å². The van der Waals surface area contributed by atoms with E-state index in [1.54, 1.807) is 36.5 Å². The molecule has 0 spiro atoms. The molecule has 3 nitrogen and oxygen atoms in total. The summed E-state index contributed by atoms with van der Waals surface area (Å²) in [7, 11) is 0. The zero-order chi connectivity index (χ0) is 14.7. The Kier molecular flexibility index (Phi) is 3.95. The van der Waals surface area contributed by atoms with E-state index in [1.165, 1.54) is 12.5 Å². The number of halogens is 1. The van der Waals surface area contributed by atoms with E-state index >= 15 is 0 Å². The number of pyridine rings is 1. The van der Waals surface area contributed by atoms with Gasteiger partial charge in [-0.05, 0) is 43.5 Å². The number of carbonyl (C=O) groups is 1. The summed E-state index contributed by atoms with van der Waals surface area (Å²) < 4.78 is 13.8. The van der Waals surface area contributed by atoms with Gasteiger partial charge in [0.2, 0.25) is 0 Å². The Morgan fingerprint density at radius 1 is 1.10 bits per heavy atom. The standard InChI is InChI=1S/C17H17FN2O/c18-15-7-3-2-6-14(15)16-12-13(8-9-19-16)17(21)20-10-4-1-5-11-20/h2-3,6-9,12H,1,4-5,10-11H2. The minimum atomic E-state index is -0.326. The van der Waals surface area contributed by atoms with Crippen molar-refractivity contribution >= 4 is 5.91 Å². The molecule has 1 amide bonds. The highest BCUT2D eigenvalue weighted by molar-refractivity contribution is 5.95. The lowest BCUT2D eigenvalue weighted by Gasteiger charge is -2.26. The van der Waals surface area contributed by atoms with E-state index in [2.05, 4.69) is 4.98 Å². The van der Waals surface area contributed by atoms with Crippen LogP contribution in [-0.4, -0.2) is 28.9 Å². The Hall–Kier alpha value is -2.23. The summed E-state index contributed by atoms with van der Waals surface area (Å²) in [6, 6.07) is 9.85. The molecule has 0 aliphatic carbocycles. The number of aromatic nitrogens is 1. The number of nitrogens with zero attached hydrogens (tertiary/aromatic N) is 2. The first-order chi connectivity index (χ1) is 10.3. The normalized spacial score (nSPS) is 15.0. The van der Waals surface area contributed by atoms with Gasteiger partial charge in [0.15, 0.2) is 0 Å². The average Bonchev–Trinajstić information content (AvgIpc) is 2.55. The van der Waals surface area contributed by atoms with Crippen LogP contribution < -0.4 is 0 Å².